The van der Waals surface area contributed by atoms with Gasteiger partial charge in [-0.3, -0.25) is 0 Å². The molecule has 0 radical (unpaired) electrons. The van der Waals surface area contributed by atoms with Crippen molar-refractivity contribution in [1.29, 1.82) is 0 Å². The van der Waals surface area contributed by atoms with Crippen molar-refractivity contribution in [3.05, 3.63) is 58.1 Å². The molecule has 0 saturated heterocycles. The molecule has 2 N–H and O–H groups in total. The summed E-state index contributed by atoms with van der Waals surface area (Å²) in [6, 6.07) is 11.8. The van der Waals surface area contributed by atoms with Gasteiger partial charge in [-0.2, -0.15) is 0 Å². The number of benzene rings is 2. The molecule has 0 aliphatic rings. The third-order valence-corrected chi connectivity index (χ3v) is 3.16. The SMILES string of the molecule is OB(O)c1ccccc1COc1cc(Cl)ccc1Cl. The Hall–Kier alpha value is -1.20. The number of hydrogen-bond acceptors (Lipinski definition) is 3. The van der Waals surface area contributed by atoms with Crippen molar-refractivity contribution in [2.45, 2.75) is 6.61 Å². The van der Waals surface area contributed by atoms with E-state index in [0.717, 1.165) is 0 Å². The maximum atomic E-state index is 9.25. The van der Waals surface area contributed by atoms with Crippen molar-refractivity contribution in [2.24, 2.45) is 0 Å². The van der Waals surface area contributed by atoms with Gasteiger partial charge in [0.1, 0.15) is 12.4 Å². The first-order valence-electron chi connectivity index (χ1n) is 5.59. The third-order valence-electron chi connectivity index (χ3n) is 2.61. The fourth-order valence-electron chi connectivity index (χ4n) is 1.66. The summed E-state index contributed by atoms with van der Waals surface area (Å²) in [5.41, 5.74) is 1.08. The molecule has 0 aliphatic carbocycles. The summed E-state index contributed by atoms with van der Waals surface area (Å²) in [4.78, 5) is 0. The van der Waals surface area contributed by atoms with Gasteiger partial charge in [0.15, 0.2) is 0 Å². The highest BCUT2D eigenvalue weighted by Gasteiger charge is 2.15. The van der Waals surface area contributed by atoms with Crippen LogP contribution in [0, 0.1) is 0 Å². The van der Waals surface area contributed by atoms with Crippen LogP contribution in [0.15, 0.2) is 42.5 Å². The molecule has 98 valence electrons. The molecule has 2 rings (SSSR count). The fraction of sp³-hybridized carbons (Fsp3) is 0.0769. The summed E-state index contributed by atoms with van der Waals surface area (Å²) >= 11 is 11.8. The summed E-state index contributed by atoms with van der Waals surface area (Å²) in [6.07, 6.45) is 0. The predicted octanol–water partition coefficient (Wildman–Crippen LogP) is 2.25. The highest BCUT2D eigenvalue weighted by molar-refractivity contribution is 6.59. The van der Waals surface area contributed by atoms with Gasteiger partial charge in [-0.15, -0.1) is 0 Å². The summed E-state index contributed by atoms with van der Waals surface area (Å²) in [5.74, 6) is 0.455. The lowest BCUT2D eigenvalue weighted by Crippen LogP contribution is -2.33. The summed E-state index contributed by atoms with van der Waals surface area (Å²) < 4.78 is 5.56. The van der Waals surface area contributed by atoms with E-state index in [1.54, 1.807) is 42.5 Å². The van der Waals surface area contributed by atoms with Crippen LogP contribution in [0.4, 0.5) is 0 Å². The average Bonchev–Trinajstić information content (AvgIpc) is 2.40. The molecule has 0 unspecified atom stereocenters. The highest BCUT2D eigenvalue weighted by Crippen LogP contribution is 2.28. The summed E-state index contributed by atoms with van der Waals surface area (Å²) in [6.45, 7) is 0.174. The maximum absolute atomic E-state index is 9.25. The predicted molar refractivity (Wildman–Crippen MR) is 77.1 cm³/mol. The molecule has 2 aromatic rings. The molecule has 0 heterocycles. The number of ether oxygens (including phenoxy) is 1. The first-order valence-corrected chi connectivity index (χ1v) is 6.35. The number of rotatable bonds is 4. The molecule has 0 saturated carbocycles. The monoisotopic (exact) mass is 296 g/mol. The molecular weight excluding hydrogens is 286 g/mol. The lowest BCUT2D eigenvalue weighted by atomic mass is 9.77. The van der Waals surface area contributed by atoms with E-state index in [2.05, 4.69) is 0 Å². The van der Waals surface area contributed by atoms with E-state index >= 15 is 0 Å². The van der Waals surface area contributed by atoms with Gasteiger partial charge in [-0.05, 0) is 23.2 Å². The first-order chi connectivity index (χ1) is 9.08. The quantitative estimate of drug-likeness (QED) is 0.851. The van der Waals surface area contributed by atoms with Crippen molar-refractivity contribution < 1.29 is 14.8 Å². The molecule has 0 amide bonds. The molecule has 0 spiro atoms. The Kier molecular flexibility index (Phi) is 4.72. The minimum atomic E-state index is -1.53. The van der Waals surface area contributed by atoms with Gasteiger partial charge in [0.2, 0.25) is 0 Å². The fourth-order valence-corrected chi connectivity index (χ4v) is 2.00. The summed E-state index contributed by atoms with van der Waals surface area (Å²) in [5, 5.41) is 19.5. The second-order valence-corrected chi connectivity index (χ2v) is 4.78. The zero-order valence-corrected chi connectivity index (χ0v) is 11.4. The van der Waals surface area contributed by atoms with E-state index < -0.39 is 7.12 Å². The maximum Gasteiger partial charge on any atom is 0.488 e. The van der Waals surface area contributed by atoms with Gasteiger partial charge in [0.05, 0.1) is 5.02 Å². The van der Waals surface area contributed by atoms with E-state index in [1.165, 1.54) is 0 Å². The van der Waals surface area contributed by atoms with Gasteiger partial charge < -0.3 is 14.8 Å². The van der Waals surface area contributed by atoms with Crippen molar-refractivity contribution >= 4 is 35.8 Å². The minimum Gasteiger partial charge on any atom is -0.487 e. The van der Waals surface area contributed by atoms with Crippen LogP contribution in [0.1, 0.15) is 5.56 Å². The molecule has 6 heteroatoms. The largest absolute Gasteiger partial charge is 0.488 e. The lowest BCUT2D eigenvalue weighted by molar-refractivity contribution is 0.306. The standard InChI is InChI=1S/C13H11BCl2O3/c15-10-5-6-12(16)13(7-10)19-8-9-3-1-2-4-11(9)14(17)18/h1-7,17-18H,8H2. The van der Waals surface area contributed by atoms with Crippen LogP contribution in [0.2, 0.25) is 10.0 Å². The normalized spacial score (nSPS) is 10.3. The zero-order chi connectivity index (χ0) is 13.8. The van der Waals surface area contributed by atoms with E-state index in [1.807, 2.05) is 0 Å². The molecular formula is C13H11BCl2O3. The third kappa shape index (κ3) is 3.64. The zero-order valence-electron chi connectivity index (χ0n) is 9.88. The smallest absolute Gasteiger partial charge is 0.487 e. The Morgan fingerprint density at radius 1 is 1.05 bits per heavy atom. The van der Waals surface area contributed by atoms with Gasteiger partial charge >= 0.3 is 7.12 Å². The molecule has 0 aromatic heterocycles. The highest BCUT2D eigenvalue weighted by atomic mass is 35.5. The summed E-state index contributed by atoms with van der Waals surface area (Å²) in [7, 11) is -1.53. The Bertz CT molecular complexity index is 576. The van der Waals surface area contributed by atoms with Crippen molar-refractivity contribution in [3.8, 4) is 5.75 Å². The number of hydrogen-bond donors (Lipinski definition) is 2. The molecule has 19 heavy (non-hydrogen) atoms. The first kappa shape index (κ1) is 14.2. The lowest BCUT2D eigenvalue weighted by Gasteiger charge is -2.11. The molecule has 3 nitrogen and oxygen atoms in total. The van der Waals surface area contributed by atoms with Crippen LogP contribution >= 0.6 is 23.2 Å². The van der Waals surface area contributed by atoms with Gasteiger partial charge in [0, 0.05) is 11.1 Å². The minimum absolute atomic E-state index is 0.174. The molecule has 0 aliphatic heterocycles. The Morgan fingerprint density at radius 2 is 1.79 bits per heavy atom. The molecule has 0 bridgehead atoms. The Labute approximate surface area is 121 Å². The molecule has 0 fully saturated rings. The van der Waals surface area contributed by atoms with Crippen LogP contribution in [-0.4, -0.2) is 17.2 Å². The van der Waals surface area contributed by atoms with Crippen molar-refractivity contribution in [1.82, 2.24) is 0 Å². The second-order valence-electron chi connectivity index (χ2n) is 3.94. The molecule has 0 atom stereocenters. The Balaban J connectivity index is 2.17. The van der Waals surface area contributed by atoms with Crippen LogP contribution in [0.3, 0.4) is 0 Å². The van der Waals surface area contributed by atoms with Crippen LogP contribution < -0.4 is 10.2 Å². The molecule has 2 aromatic carbocycles. The van der Waals surface area contributed by atoms with E-state index in [-0.39, 0.29) is 6.61 Å². The number of halogens is 2. The Morgan fingerprint density at radius 3 is 2.53 bits per heavy atom. The second kappa shape index (κ2) is 6.30. The van der Waals surface area contributed by atoms with Gasteiger partial charge in [-0.1, -0.05) is 47.5 Å². The van der Waals surface area contributed by atoms with Gasteiger partial charge in [0.25, 0.3) is 0 Å². The van der Waals surface area contributed by atoms with E-state index in [4.69, 9.17) is 27.9 Å². The van der Waals surface area contributed by atoms with Crippen LogP contribution in [0.25, 0.3) is 0 Å². The van der Waals surface area contributed by atoms with E-state index in [0.29, 0.717) is 26.8 Å². The van der Waals surface area contributed by atoms with Crippen LogP contribution in [-0.2, 0) is 6.61 Å². The van der Waals surface area contributed by atoms with Crippen molar-refractivity contribution in [3.63, 3.8) is 0 Å². The van der Waals surface area contributed by atoms with Crippen molar-refractivity contribution in [2.75, 3.05) is 0 Å². The van der Waals surface area contributed by atoms with E-state index in [9.17, 15) is 10.0 Å². The topological polar surface area (TPSA) is 49.7 Å². The van der Waals surface area contributed by atoms with Gasteiger partial charge in [-0.25, -0.2) is 0 Å². The average molecular weight is 297 g/mol. The van der Waals surface area contributed by atoms with Crippen LogP contribution in [0.5, 0.6) is 5.75 Å².